The van der Waals surface area contributed by atoms with E-state index in [1.807, 2.05) is 0 Å². The topological polar surface area (TPSA) is 139 Å². The van der Waals surface area contributed by atoms with Gasteiger partial charge in [-0.25, -0.2) is 8.42 Å². The Kier molecular flexibility index (Phi) is 10.0. The molecule has 0 aliphatic heterocycles. The number of carbonyl (C=O) groups is 2. The van der Waals surface area contributed by atoms with Crippen molar-refractivity contribution < 1.29 is 27.7 Å². The van der Waals surface area contributed by atoms with Crippen LogP contribution in [0.1, 0.15) is 38.3 Å². The van der Waals surface area contributed by atoms with E-state index in [-0.39, 0.29) is 36.3 Å². The van der Waals surface area contributed by atoms with E-state index in [0.29, 0.717) is 16.9 Å². The van der Waals surface area contributed by atoms with Crippen molar-refractivity contribution in [3.8, 4) is 5.75 Å². The number of carbonyl (C=O) groups excluding carboxylic acids is 2. The molecule has 0 saturated heterocycles. The molecule has 0 radical (unpaired) electrons. The first-order valence-electron chi connectivity index (χ1n) is 11.7. The summed E-state index contributed by atoms with van der Waals surface area (Å²) in [6, 6.07) is 9.74. The largest absolute Gasteiger partial charge is 0.497 e. The lowest BCUT2D eigenvalue weighted by atomic mass is 10.1. The van der Waals surface area contributed by atoms with Crippen LogP contribution < -0.4 is 14.4 Å². The summed E-state index contributed by atoms with van der Waals surface area (Å²) in [5, 5.41) is 14.1. The lowest BCUT2D eigenvalue weighted by molar-refractivity contribution is -0.384. The standard InChI is InChI=1S/C25H34N4O7S/c1-7-22(25(31)26-17(2)3)27(15-19-9-12-21(36-5)13-10-19)24(30)16-28(37(6,34)35)23-14-20(29(32)33)11-8-18(23)4/h8-14,17,22H,7,15-16H2,1-6H3,(H,26,31)/t22-/m0/s1. The summed E-state index contributed by atoms with van der Waals surface area (Å²) in [4.78, 5) is 38.7. The van der Waals surface area contributed by atoms with Gasteiger partial charge in [-0.2, -0.15) is 0 Å². The molecule has 2 aromatic carbocycles. The van der Waals surface area contributed by atoms with Gasteiger partial charge in [0.05, 0.1) is 24.0 Å². The van der Waals surface area contributed by atoms with Crippen LogP contribution in [0.2, 0.25) is 0 Å². The third-order valence-electron chi connectivity index (χ3n) is 5.68. The van der Waals surface area contributed by atoms with Crippen molar-refractivity contribution in [1.82, 2.24) is 10.2 Å². The molecule has 2 aromatic rings. The second kappa shape index (κ2) is 12.5. The monoisotopic (exact) mass is 534 g/mol. The number of hydrogen-bond donors (Lipinski definition) is 1. The number of nitro benzene ring substituents is 1. The number of methoxy groups -OCH3 is 1. The first-order chi connectivity index (χ1) is 17.3. The molecular formula is C25H34N4O7S. The van der Waals surface area contributed by atoms with Crippen LogP contribution >= 0.6 is 0 Å². The van der Waals surface area contributed by atoms with E-state index >= 15 is 0 Å². The number of ether oxygens (including phenoxy) is 1. The zero-order valence-corrected chi connectivity index (χ0v) is 22.7. The van der Waals surface area contributed by atoms with Gasteiger partial charge in [0.25, 0.3) is 5.69 Å². The van der Waals surface area contributed by atoms with E-state index in [1.165, 1.54) is 24.1 Å². The van der Waals surface area contributed by atoms with E-state index in [4.69, 9.17) is 4.74 Å². The van der Waals surface area contributed by atoms with Crippen molar-refractivity contribution in [2.24, 2.45) is 0 Å². The maximum atomic E-state index is 13.7. The van der Waals surface area contributed by atoms with Gasteiger partial charge in [-0.3, -0.25) is 24.0 Å². The highest BCUT2D eigenvalue weighted by Crippen LogP contribution is 2.28. The molecule has 0 fully saturated rings. The summed E-state index contributed by atoms with van der Waals surface area (Å²) in [5.41, 5.74) is 0.867. The normalized spacial score (nSPS) is 12.1. The van der Waals surface area contributed by atoms with Crippen molar-refractivity contribution >= 4 is 33.2 Å². The number of hydrogen-bond acceptors (Lipinski definition) is 7. The molecule has 2 rings (SSSR count). The van der Waals surface area contributed by atoms with Crippen molar-refractivity contribution in [2.75, 3.05) is 24.2 Å². The number of non-ortho nitro benzene ring substituents is 1. The number of amides is 2. The Bertz CT molecular complexity index is 1230. The van der Waals surface area contributed by atoms with Crippen molar-refractivity contribution in [1.29, 1.82) is 0 Å². The van der Waals surface area contributed by atoms with Gasteiger partial charge in [0.1, 0.15) is 18.3 Å². The van der Waals surface area contributed by atoms with E-state index < -0.39 is 33.4 Å². The van der Waals surface area contributed by atoms with E-state index in [0.717, 1.165) is 16.6 Å². The number of nitrogens with zero attached hydrogens (tertiary/aromatic N) is 3. The fraction of sp³-hybridized carbons (Fsp3) is 0.440. The van der Waals surface area contributed by atoms with Crippen LogP contribution in [0.15, 0.2) is 42.5 Å². The van der Waals surface area contributed by atoms with Crippen LogP contribution in [-0.4, -0.2) is 62.0 Å². The van der Waals surface area contributed by atoms with Gasteiger partial charge in [-0.05, 0) is 50.5 Å². The van der Waals surface area contributed by atoms with Crippen molar-refractivity contribution in [3.63, 3.8) is 0 Å². The van der Waals surface area contributed by atoms with Crippen LogP contribution in [0.25, 0.3) is 0 Å². The molecule has 0 bridgehead atoms. The van der Waals surface area contributed by atoms with Crippen LogP contribution in [0.5, 0.6) is 5.75 Å². The molecule has 11 nitrogen and oxygen atoms in total. The third kappa shape index (κ3) is 7.91. The Morgan fingerprint density at radius 1 is 1.14 bits per heavy atom. The molecule has 0 spiro atoms. The number of sulfonamides is 1. The average molecular weight is 535 g/mol. The fourth-order valence-electron chi connectivity index (χ4n) is 3.80. The predicted molar refractivity (Wildman–Crippen MR) is 141 cm³/mol. The number of anilines is 1. The smallest absolute Gasteiger partial charge is 0.271 e. The number of nitrogens with one attached hydrogen (secondary N) is 1. The highest BCUT2D eigenvalue weighted by molar-refractivity contribution is 7.92. The maximum absolute atomic E-state index is 13.7. The SMILES string of the molecule is CC[C@@H](C(=O)NC(C)C)N(Cc1ccc(OC)cc1)C(=O)CN(c1cc([N+](=O)[O-])ccc1C)S(C)(=O)=O. The molecule has 0 heterocycles. The lowest BCUT2D eigenvalue weighted by Gasteiger charge is -2.33. The molecule has 0 aromatic heterocycles. The molecular weight excluding hydrogens is 500 g/mol. The number of rotatable bonds is 12. The minimum atomic E-state index is -4.02. The molecule has 1 N–H and O–H groups in total. The van der Waals surface area contributed by atoms with Crippen LogP contribution in [0.3, 0.4) is 0 Å². The maximum Gasteiger partial charge on any atom is 0.271 e. The summed E-state index contributed by atoms with van der Waals surface area (Å²) in [6.07, 6.45) is 1.21. The van der Waals surface area contributed by atoms with Crippen molar-refractivity contribution in [2.45, 2.75) is 52.7 Å². The van der Waals surface area contributed by atoms with E-state index in [2.05, 4.69) is 5.32 Å². The van der Waals surface area contributed by atoms with Gasteiger partial charge in [-0.1, -0.05) is 25.1 Å². The summed E-state index contributed by atoms with van der Waals surface area (Å²) in [5.74, 6) is -0.370. The summed E-state index contributed by atoms with van der Waals surface area (Å²) >= 11 is 0. The summed E-state index contributed by atoms with van der Waals surface area (Å²) in [6.45, 7) is 6.37. The Labute approximate surface area is 217 Å². The Morgan fingerprint density at radius 3 is 2.24 bits per heavy atom. The summed E-state index contributed by atoms with van der Waals surface area (Å²) < 4.78 is 31.5. The Balaban J connectivity index is 2.52. The second-order valence-corrected chi connectivity index (χ2v) is 10.9. The zero-order chi connectivity index (χ0) is 27.9. The van der Waals surface area contributed by atoms with Crippen LogP contribution in [0.4, 0.5) is 11.4 Å². The molecule has 202 valence electrons. The van der Waals surface area contributed by atoms with E-state index in [9.17, 15) is 28.1 Å². The fourth-order valence-corrected chi connectivity index (χ4v) is 4.70. The molecule has 37 heavy (non-hydrogen) atoms. The number of benzene rings is 2. The first kappa shape index (κ1) is 29.6. The highest BCUT2D eigenvalue weighted by atomic mass is 32.2. The van der Waals surface area contributed by atoms with E-state index in [1.54, 1.807) is 52.0 Å². The molecule has 12 heteroatoms. The molecule has 2 amide bonds. The average Bonchev–Trinajstić information content (AvgIpc) is 2.81. The predicted octanol–water partition coefficient (Wildman–Crippen LogP) is 3.01. The minimum Gasteiger partial charge on any atom is -0.497 e. The van der Waals surface area contributed by atoms with Crippen LogP contribution in [-0.2, 0) is 26.2 Å². The van der Waals surface area contributed by atoms with Gasteiger partial charge < -0.3 is 15.0 Å². The second-order valence-electron chi connectivity index (χ2n) is 8.95. The third-order valence-corrected chi connectivity index (χ3v) is 6.81. The van der Waals surface area contributed by atoms with Gasteiger partial charge in [0.2, 0.25) is 21.8 Å². The van der Waals surface area contributed by atoms with Crippen molar-refractivity contribution in [3.05, 3.63) is 63.7 Å². The highest BCUT2D eigenvalue weighted by Gasteiger charge is 2.32. The molecule has 0 saturated carbocycles. The molecule has 0 aliphatic rings. The molecule has 1 atom stereocenters. The minimum absolute atomic E-state index is 0.0223. The summed E-state index contributed by atoms with van der Waals surface area (Å²) in [7, 11) is -2.49. The van der Waals surface area contributed by atoms with Crippen LogP contribution in [0, 0.1) is 17.0 Å². The van der Waals surface area contributed by atoms with Gasteiger partial charge >= 0.3 is 0 Å². The van der Waals surface area contributed by atoms with Gasteiger partial charge in [0.15, 0.2) is 0 Å². The van der Waals surface area contributed by atoms with Gasteiger partial charge in [0, 0.05) is 24.7 Å². The zero-order valence-electron chi connectivity index (χ0n) is 21.9. The Hall–Kier alpha value is -3.67. The lowest BCUT2D eigenvalue weighted by Crippen LogP contribution is -2.53. The quantitative estimate of drug-likeness (QED) is 0.326. The molecule has 0 aliphatic carbocycles. The molecule has 0 unspecified atom stereocenters. The number of nitro groups is 1. The Morgan fingerprint density at radius 2 is 1.76 bits per heavy atom. The first-order valence-corrected chi connectivity index (χ1v) is 13.6. The number of aryl methyl sites for hydroxylation is 1. The van der Waals surface area contributed by atoms with Gasteiger partial charge in [-0.15, -0.1) is 0 Å².